The number of hydrogen-bond acceptors (Lipinski definition) is 7. The number of ether oxygens (including phenoxy) is 1. The zero-order valence-electron chi connectivity index (χ0n) is 11.4. The lowest BCUT2D eigenvalue weighted by atomic mass is 9.75. The van der Waals surface area contributed by atoms with Gasteiger partial charge >= 0.3 is 17.9 Å². The second kappa shape index (κ2) is 8.39. The third-order valence-electron chi connectivity index (χ3n) is 2.89. The van der Waals surface area contributed by atoms with E-state index in [0.29, 0.717) is 12.8 Å². The molecule has 0 radical (unpaired) electrons. The molecule has 0 aliphatic heterocycles. The van der Waals surface area contributed by atoms with Crippen LogP contribution in [0.5, 0.6) is 0 Å². The Labute approximate surface area is 116 Å². The maximum absolute atomic E-state index is 12.0. The van der Waals surface area contributed by atoms with Crippen molar-refractivity contribution >= 4 is 23.7 Å². The maximum atomic E-state index is 12.0. The third-order valence-corrected chi connectivity index (χ3v) is 2.89. The molecule has 0 aliphatic rings. The van der Waals surface area contributed by atoms with Gasteiger partial charge in [0.15, 0.2) is 5.78 Å². The van der Waals surface area contributed by atoms with Crippen LogP contribution in [0.25, 0.3) is 0 Å². The molecule has 0 saturated carbocycles. The molecule has 0 aromatic carbocycles. The van der Waals surface area contributed by atoms with E-state index < -0.39 is 48.6 Å². The summed E-state index contributed by atoms with van der Waals surface area (Å²) < 4.78 is 4.44. The van der Waals surface area contributed by atoms with Crippen LogP contribution in [0.3, 0.4) is 0 Å². The van der Waals surface area contributed by atoms with E-state index in [-0.39, 0.29) is 6.42 Å². The normalized spacial score (nSPS) is 13.3. The molecular formula is C12H20N2O6. The molecule has 0 heterocycles. The molecule has 8 heteroatoms. The van der Waals surface area contributed by atoms with E-state index in [1.54, 1.807) is 0 Å². The van der Waals surface area contributed by atoms with Crippen molar-refractivity contribution in [2.45, 2.75) is 32.6 Å². The molecule has 8 nitrogen and oxygen atoms in total. The van der Waals surface area contributed by atoms with Gasteiger partial charge in [-0.25, -0.2) is 0 Å². The van der Waals surface area contributed by atoms with Crippen LogP contribution in [0.15, 0.2) is 0 Å². The second-order valence-corrected chi connectivity index (χ2v) is 4.35. The molecule has 114 valence electrons. The van der Waals surface area contributed by atoms with Crippen molar-refractivity contribution in [3.05, 3.63) is 0 Å². The smallest absolute Gasteiger partial charge is 0.327 e. The van der Waals surface area contributed by atoms with Crippen molar-refractivity contribution in [3.63, 3.8) is 0 Å². The standard InChI is InChI=1S/C12H20N2O6/c1-2-3-4-12(5-9(16)17,8(15)6-13)11(19)20-10(18)7-14/h2-7,13-14H2,1H3,(H,16,17). The Morgan fingerprint density at radius 2 is 1.75 bits per heavy atom. The zero-order valence-corrected chi connectivity index (χ0v) is 11.4. The van der Waals surface area contributed by atoms with Gasteiger partial charge in [-0.15, -0.1) is 0 Å². The van der Waals surface area contributed by atoms with Gasteiger partial charge in [0.1, 0.15) is 5.41 Å². The Bertz CT molecular complexity index is 395. The van der Waals surface area contributed by atoms with Crippen molar-refractivity contribution < 1.29 is 29.0 Å². The number of carbonyl (C=O) groups is 4. The van der Waals surface area contributed by atoms with E-state index in [1.807, 2.05) is 6.92 Å². The summed E-state index contributed by atoms with van der Waals surface area (Å²) in [7, 11) is 0. The second-order valence-electron chi connectivity index (χ2n) is 4.35. The monoisotopic (exact) mass is 288 g/mol. The van der Waals surface area contributed by atoms with Gasteiger partial charge in [0.2, 0.25) is 0 Å². The predicted molar refractivity (Wildman–Crippen MR) is 68.4 cm³/mol. The molecule has 0 fully saturated rings. The number of nitrogens with two attached hydrogens (primary N) is 2. The first-order valence-corrected chi connectivity index (χ1v) is 6.24. The lowest BCUT2D eigenvalue weighted by Gasteiger charge is -2.27. The Morgan fingerprint density at radius 3 is 2.15 bits per heavy atom. The van der Waals surface area contributed by atoms with E-state index >= 15 is 0 Å². The summed E-state index contributed by atoms with van der Waals surface area (Å²) in [5.74, 6) is -4.33. The average Bonchev–Trinajstić information content (AvgIpc) is 2.41. The topological polar surface area (TPSA) is 150 Å². The molecule has 0 saturated heterocycles. The number of aliphatic carboxylic acids is 1. The summed E-state index contributed by atoms with van der Waals surface area (Å²) in [5, 5.41) is 8.92. The highest BCUT2D eigenvalue weighted by molar-refractivity contribution is 6.09. The third kappa shape index (κ3) is 4.71. The van der Waals surface area contributed by atoms with E-state index in [1.165, 1.54) is 0 Å². The highest BCUT2D eigenvalue weighted by atomic mass is 16.6. The number of unbranched alkanes of at least 4 members (excludes halogenated alkanes) is 1. The van der Waals surface area contributed by atoms with E-state index in [0.717, 1.165) is 0 Å². The van der Waals surface area contributed by atoms with Crippen molar-refractivity contribution in [1.29, 1.82) is 0 Å². The van der Waals surface area contributed by atoms with Crippen molar-refractivity contribution in [2.75, 3.05) is 13.1 Å². The number of rotatable bonds is 9. The van der Waals surface area contributed by atoms with Gasteiger partial charge < -0.3 is 21.3 Å². The highest BCUT2D eigenvalue weighted by Gasteiger charge is 2.48. The van der Waals surface area contributed by atoms with Crippen molar-refractivity contribution in [2.24, 2.45) is 16.9 Å². The molecule has 20 heavy (non-hydrogen) atoms. The summed E-state index contributed by atoms with van der Waals surface area (Å²) in [6, 6.07) is 0. The summed E-state index contributed by atoms with van der Waals surface area (Å²) in [6.07, 6.45) is 0.254. The van der Waals surface area contributed by atoms with Crippen LogP contribution >= 0.6 is 0 Å². The van der Waals surface area contributed by atoms with Crippen LogP contribution in [-0.4, -0.2) is 41.9 Å². The Morgan fingerprint density at radius 1 is 1.15 bits per heavy atom. The zero-order chi connectivity index (χ0) is 15.8. The van der Waals surface area contributed by atoms with Gasteiger partial charge in [-0.2, -0.15) is 0 Å². The van der Waals surface area contributed by atoms with Gasteiger partial charge in [-0.1, -0.05) is 19.8 Å². The maximum Gasteiger partial charge on any atom is 0.327 e. The minimum Gasteiger partial charge on any atom is -0.481 e. The van der Waals surface area contributed by atoms with E-state index in [4.69, 9.17) is 16.6 Å². The number of Topliss-reactive ketones (excluding diaryl/α,β-unsaturated/α-hetero) is 1. The highest BCUT2D eigenvalue weighted by Crippen LogP contribution is 2.32. The van der Waals surface area contributed by atoms with Crippen molar-refractivity contribution in [1.82, 2.24) is 0 Å². The number of carbonyl (C=O) groups excluding carboxylic acids is 3. The first-order valence-electron chi connectivity index (χ1n) is 6.24. The molecule has 5 N–H and O–H groups in total. The molecule has 1 unspecified atom stereocenters. The summed E-state index contributed by atoms with van der Waals surface area (Å²) in [5.41, 5.74) is 8.34. The van der Waals surface area contributed by atoms with Gasteiger partial charge in [-0.3, -0.25) is 19.2 Å². The minimum atomic E-state index is -1.93. The number of hydrogen-bond donors (Lipinski definition) is 3. The SMILES string of the molecule is CCCCC(CC(=O)O)(C(=O)CN)C(=O)OC(=O)CN. The summed E-state index contributed by atoms with van der Waals surface area (Å²) in [4.78, 5) is 46.0. The molecule has 0 bridgehead atoms. The summed E-state index contributed by atoms with van der Waals surface area (Å²) >= 11 is 0. The van der Waals surface area contributed by atoms with Gasteiger partial charge in [0.05, 0.1) is 19.5 Å². The van der Waals surface area contributed by atoms with Crippen LogP contribution in [0.2, 0.25) is 0 Å². The fourth-order valence-electron chi connectivity index (χ4n) is 1.79. The Kier molecular flexibility index (Phi) is 7.63. The number of carboxylic acids is 1. The number of esters is 2. The van der Waals surface area contributed by atoms with Crippen LogP contribution in [-0.2, 0) is 23.9 Å². The fourth-order valence-corrected chi connectivity index (χ4v) is 1.79. The lowest BCUT2D eigenvalue weighted by Crippen LogP contribution is -2.46. The van der Waals surface area contributed by atoms with Gasteiger partial charge in [0, 0.05) is 0 Å². The fraction of sp³-hybridized carbons (Fsp3) is 0.667. The molecule has 0 spiro atoms. The van der Waals surface area contributed by atoms with E-state index in [2.05, 4.69) is 4.74 Å². The number of ketones is 1. The molecule has 0 aromatic heterocycles. The largest absolute Gasteiger partial charge is 0.481 e. The van der Waals surface area contributed by atoms with Crippen LogP contribution < -0.4 is 11.5 Å². The van der Waals surface area contributed by atoms with Crippen LogP contribution in [0.1, 0.15) is 32.6 Å². The van der Waals surface area contributed by atoms with Crippen LogP contribution in [0, 0.1) is 5.41 Å². The van der Waals surface area contributed by atoms with Gasteiger partial charge in [0.25, 0.3) is 0 Å². The Balaban J connectivity index is 5.45. The van der Waals surface area contributed by atoms with Crippen LogP contribution in [0.4, 0.5) is 0 Å². The molecule has 0 amide bonds. The summed E-state index contributed by atoms with van der Waals surface area (Å²) in [6.45, 7) is 0.761. The van der Waals surface area contributed by atoms with Crippen molar-refractivity contribution in [3.8, 4) is 0 Å². The molecule has 1 atom stereocenters. The first-order chi connectivity index (χ1) is 9.33. The average molecular weight is 288 g/mol. The predicted octanol–water partition coefficient (Wildman–Crippen LogP) is -0.806. The minimum absolute atomic E-state index is 0.0392. The van der Waals surface area contributed by atoms with E-state index in [9.17, 15) is 19.2 Å². The number of carboxylic acid groups (broad SMARTS) is 1. The molecule has 0 aliphatic carbocycles. The Hall–Kier alpha value is -1.80. The molecular weight excluding hydrogens is 268 g/mol. The molecule has 0 aromatic rings. The first kappa shape index (κ1) is 18.2. The van der Waals surface area contributed by atoms with Gasteiger partial charge in [-0.05, 0) is 6.42 Å². The molecule has 0 rings (SSSR count). The lowest BCUT2D eigenvalue weighted by molar-refractivity contribution is -0.172. The quantitative estimate of drug-likeness (QED) is 0.368.